The van der Waals surface area contributed by atoms with Gasteiger partial charge in [-0.1, -0.05) is 62.4 Å². The Hall–Kier alpha value is -1.27. The lowest BCUT2D eigenvalue weighted by Gasteiger charge is -2.23. The average Bonchev–Trinajstić information content (AvgIpc) is 3.36. The van der Waals surface area contributed by atoms with Crippen molar-refractivity contribution in [1.29, 1.82) is 0 Å². The summed E-state index contributed by atoms with van der Waals surface area (Å²) in [6.45, 7) is 4.45. The van der Waals surface area contributed by atoms with Crippen LogP contribution in [-0.4, -0.2) is 0 Å². The molecule has 0 saturated heterocycles. The van der Waals surface area contributed by atoms with Gasteiger partial charge in [0.05, 0.1) is 5.38 Å². The van der Waals surface area contributed by atoms with Crippen LogP contribution in [0, 0.1) is 0 Å². The molecule has 3 rings (SSSR count). The van der Waals surface area contributed by atoms with Crippen LogP contribution in [0.15, 0.2) is 48.5 Å². The Morgan fingerprint density at radius 3 is 2.19 bits per heavy atom. The van der Waals surface area contributed by atoms with E-state index >= 15 is 0 Å². The number of halogens is 1. The molecule has 0 bridgehead atoms. The SMILES string of the molecule is CCc1ccc(C(Cl)C2(c3ccccc3)CC2)cc1CC. The van der Waals surface area contributed by atoms with E-state index in [-0.39, 0.29) is 10.8 Å². The van der Waals surface area contributed by atoms with E-state index in [4.69, 9.17) is 11.6 Å². The van der Waals surface area contributed by atoms with Crippen molar-refractivity contribution < 1.29 is 0 Å². The second-order valence-electron chi connectivity index (χ2n) is 6.12. The van der Waals surface area contributed by atoms with Gasteiger partial charge in [0.15, 0.2) is 0 Å². The van der Waals surface area contributed by atoms with Crippen molar-refractivity contribution in [3.63, 3.8) is 0 Å². The van der Waals surface area contributed by atoms with Crippen molar-refractivity contribution in [1.82, 2.24) is 0 Å². The normalized spacial score (nSPS) is 17.5. The van der Waals surface area contributed by atoms with Crippen molar-refractivity contribution in [2.75, 3.05) is 0 Å². The van der Waals surface area contributed by atoms with E-state index < -0.39 is 0 Å². The summed E-state index contributed by atoms with van der Waals surface area (Å²) in [7, 11) is 0. The highest BCUT2D eigenvalue weighted by Gasteiger charge is 2.50. The van der Waals surface area contributed by atoms with Gasteiger partial charge in [-0.05, 0) is 47.9 Å². The fourth-order valence-corrected chi connectivity index (χ4v) is 3.87. The molecule has 2 aromatic carbocycles. The molecule has 1 saturated carbocycles. The Labute approximate surface area is 133 Å². The van der Waals surface area contributed by atoms with E-state index in [0.717, 1.165) is 12.8 Å². The molecule has 0 radical (unpaired) electrons. The molecule has 110 valence electrons. The summed E-state index contributed by atoms with van der Waals surface area (Å²) >= 11 is 6.92. The summed E-state index contributed by atoms with van der Waals surface area (Å²) < 4.78 is 0. The minimum Gasteiger partial charge on any atom is -0.117 e. The van der Waals surface area contributed by atoms with Gasteiger partial charge < -0.3 is 0 Å². The zero-order chi connectivity index (χ0) is 14.9. The van der Waals surface area contributed by atoms with Crippen molar-refractivity contribution in [3.8, 4) is 0 Å². The molecular weight excluding hydrogens is 276 g/mol. The lowest BCUT2D eigenvalue weighted by Crippen LogP contribution is -2.14. The standard InChI is InChI=1S/C20H23Cl/c1-3-15-10-11-17(14-16(15)4-2)19(21)20(12-13-20)18-8-6-5-7-9-18/h5-11,14,19H,3-4,12-13H2,1-2H3. The van der Waals surface area contributed by atoms with E-state index in [2.05, 4.69) is 62.4 Å². The monoisotopic (exact) mass is 298 g/mol. The second-order valence-corrected chi connectivity index (χ2v) is 6.56. The number of rotatable bonds is 5. The molecule has 1 aliphatic carbocycles. The number of alkyl halides is 1. The molecule has 1 atom stereocenters. The summed E-state index contributed by atoms with van der Waals surface area (Å²) in [5.74, 6) is 0. The third-order valence-corrected chi connectivity index (χ3v) is 5.58. The van der Waals surface area contributed by atoms with Crippen LogP contribution in [-0.2, 0) is 18.3 Å². The van der Waals surface area contributed by atoms with Crippen LogP contribution in [0.2, 0.25) is 0 Å². The van der Waals surface area contributed by atoms with Gasteiger partial charge in [0.2, 0.25) is 0 Å². The van der Waals surface area contributed by atoms with Gasteiger partial charge in [-0.15, -0.1) is 11.6 Å². The third kappa shape index (κ3) is 2.62. The van der Waals surface area contributed by atoms with Crippen LogP contribution < -0.4 is 0 Å². The molecule has 0 aliphatic heterocycles. The first-order valence-corrected chi connectivity index (χ1v) is 8.46. The Kier molecular flexibility index (Phi) is 4.08. The predicted molar refractivity (Wildman–Crippen MR) is 91.1 cm³/mol. The lowest BCUT2D eigenvalue weighted by molar-refractivity contribution is 0.661. The summed E-state index contributed by atoms with van der Waals surface area (Å²) in [6, 6.07) is 17.6. The van der Waals surface area contributed by atoms with Gasteiger partial charge in [0, 0.05) is 5.41 Å². The molecule has 0 heterocycles. The molecule has 1 unspecified atom stereocenters. The fourth-order valence-electron chi connectivity index (χ4n) is 3.39. The van der Waals surface area contributed by atoms with Crippen molar-refractivity contribution in [3.05, 3.63) is 70.8 Å². The fraction of sp³-hybridized carbons (Fsp3) is 0.400. The van der Waals surface area contributed by atoms with Gasteiger partial charge in [-0.25, -0.2) is 0 Å². The third-order valence-electron chi connectivity index (χ3n) is 4.91. The first kappa shape index (κ1) is 14.7. The number of hydrogen-bond donors (Lipinski definition) is 0. The first-order valence-electron chi connectivity index (χ1n) is 8.02. The van der Waals surface area contributed by atoms with Gasteiger partial charge >= 0.3 is 0 Å². The summed E-state index contributed by atoms with van der Waals surface area (Å²) in [5, 5.41) is 0.0797. The van der Waals surface area contributed by atoms with Gasteiger partial charge in [0.25, 0.3) is 0 Å². The minimum absolute atomic E-state index is 0.0797. The predicted octanol–water partition coefficient (Wildman–Crippen LogP) is 5.82. The van der Waals surface area contributed by atoms with Crippen LogP contribution in [0.3, 0.4) is 0 Å². The van der Waals surface area contributed by atoms with E-state index in [1.165, 1.54) is 35.1 Å². The first-order chi connectivity index (χ1) is 10.2. The number of aryl methyl sites for hydroxylation is 2. The highest BCUT2D eigenvalue weighted by atomic mass is 35.5. The zero-order valence-corrected chi connectivity index (χ0v) is 13.7. The molecule has 1 aliphatic rings. The molecule has 2 aromatic rings. The summed E-state index contributed by atoms with van der Waals surface area (Å²) in [6.07, 6.45) is 4.57. The van der Waals surface area contributed by atoms with Crippen LogP contribution in [0.4, 0.5) is 0 Å². The Bertz CT molecular complexity index is 611. The van der Waals surface area contributed by atoms with E-state index in [0.29, 0.717) is 0 Å². The highest BCUT2D eigenvalue weighted by molar-refractivity contribution is 6.22. The van der Waals surface area contributed by atoms with Crippen LogP contribution in [0.25, 0.3) is 0 Å². The van der Waals surface area contributed by atoms with Crippen LogP contribution >= 0.6 is 11.6 Å². The number of hydrogen-bond acceptors (Lipinski definition) is 0. The maximum atomic E-state index is 6.92. The molecule has 1 heteroatoms. The van der Waals surface area contributed by atoms with Crippen LogP contribution in [0.5, 0.6) is 0 Å². The molecule has 0 aromatic heterocycles. The minimum atomic E-state index is 0.0797. The van der Waals surface area contributed by atoms with Crippen molar-refractivity contribution >= 4 is 11.6 Å². The Morgan fingerprint density at radius 2 is 1.62 bits per heavy atom. The smallest absolute Gasteiger partial charge is 0.0682 e. The average molecular weight is 299 g/mol. The van der Waals surface area contributed by atoms with Gasteiger partial charge in [0.1, 0.15) is 0 Å². The molecule has 0 amide bonds. The zero-order valence-electron chi connectivity index (χ0n) is 12.9. The largest absolute Gasteiger partial charge is 0.117 e. The van der Waals surface area contributed by atoms with E-state index in [1.54, 1.807) is 0 Å². The number of benzene rings is 2. The van der Waals surface area contributed by atoms with Crippen molar-refractivity contribution in [2.24, 2.45) is 0 Å². The topological polar surface area (TPSA) is 0 Å². The van der Waals surface area contributed by atoms with Crippen molar-refractivity contribution in [2.45, 2.75) is 50.3 Å². The molecule has 21 heavy (non-hydrogen) atoms. The van der Waals surface area contributed by atoms with E-state index in [1.807, 2.05) is 0 Å². The molecule has 1 fully saturated rings. The Balaban J connectivity index is 1.94. The van der Waals surface area contributed by atoms with E-state index in [9.17, 15) is 0 Å². The van der Waals surface area contributed by atoms with Gasteiger partial charge in [-0.2, -0.15) is 0 Å². The maximum absolute atomic E-state index is 6.92. The highest BCUT2D eigenvalue weighted by Crippen LogP contribution is 2.59. The molecule has 0 N–H and O–H groups in total. The summed E-state index contributed by atoms with van der Waals surface area (Å²) in [5.41, 5.74) is 5.73. The molecule has 0 spiro atoms. The molecular formula is C20H23Cl. The quantitative estimate of drug-likeness (QED) is 0.610. The lowest BCUT2D eigenvalue weighted by atomic mass is 9.87. The van der Waals surface area contributed by atoms with Gasteiger partial charge in [-0.3, -0.25) is 0 Å². The van der Waals surface area contributed by atoms with Crippen LogP contribution in [0.1, 0.15) is 54.3 Å². The maximum Gasteiger partial charge on any atom is 0.0682 e. The Morgan fingerprint density at radius 1 is 0.952 bits per heavy atom. The second kappa shape index (κ2) is 5.85. The molecule has 0 nitrogen and oxygen atoms in total. The summed E-state index contributed by atoms with van der Waals surface area (Å²) in [4.78, 5) is 0.